The minimum Gasteiger partial charge on any atom is -0.364 e. The van der Waals surface area contributed by atoms with E-state index in [1.807, 2.05) is 6.07 Å². The molecule has 110 valence electrons. The van der Waals surface area contributed by atoms with Crippen LogP contribution in [0.15, 0.2) is 18.3 Å². The van der Waals surface area contributed by atoms with Crippen molar-refractivity contribution < 1.29 is 4.79 Å². The van der Waals surface area contributed by atoms with Crippen molar-refractivity contribution in [3.05, 3.63) is 40.8 Å². The molecule has 1 amide bonds. The predicted octanol–water partition coefficient (Wildman–Crippen LogP) is 1.61. The Balaban J connectivity index is 1.71. The van der Waals surface area contributed by atoms with Gasteiger partial charge in [-0.2, -0.15) is 5.10 Å². The molecule has 1 aliphatic rings. The number of aromatic amines is 1. The molecule has 6 nitrogen and oxygen atoms in total. The van der Waals surface area contributed by atoms with Gasteiger partial charge in [-0.15, -0.1) is 0 Å². The maximum Gasteiger partial charge on any atom is 0.258 e. The molecule has 0 saturated heterocycles. The highest BCUT2D eigenvalue weighted by Crippen LogP contribution is 2.20. The molecule has 0 aliphatic heterocycles. The summed E-state index contributed by atoms with van der Waals surface area (Å²) in [5, 5.41) is 9.98. The molecular weight excluding hydrogens is 266 g/mol. The molecule has 6 heteroatoms. The third-order valence-corrected chi connectivity index (χ3v) is 3.71. The average molecular weight is 285 g/mol. The van der Waals surface area contributed by atoms with Crippen LogP contribution in [0.25, 0.3) is 0 Å². The molecule has 0 atom stereocenters. The largest absolute Gasteiger partial charge is 0.364 e. The third-order valence-electron chi connectivity index (χ3n) is 3.71. The van der Waals surface area contributed by atoms with E-state index < -0.39 is 0 Å². The molecule has 2 aromatic rings. The summed E-state index contributed by atoms with van der Waals surface area (Å²) in [5.74, 6) is 0.559. The first kappa shape index (κ1) is 13.6. The van der Waals surface area contributed by atoms with Crippen LogP contribution >= 0.6 is 0 Å². The van der Waals surface area contributed by atoms with E-state index in [1.165, 1.54) is 22.6 Å². The van der Waals surface area contributed by atoms with E-state index in [2.05, 4.69) is 26.6 Å². The molecule has 2 N–H and O–H groups in total. The zero-order valence-electron chi connectivity index (χ0n) is 12.3. The molecule has 0 saturated carbocycles. The van der Waals surface area contributed by atoms with Crippen LogP contribution in [0.4, 0.5) is 5.82 Å². The summed E-state index contributed by atoms with van der Waals surface area (Å²) in [6.07, 6.45) is 4.94. The Hall–Kier alpha value is -2.37. The summed E-state index contributed by atoms with van der Waals surface area (Å²) in [6.45, 7) is 0.573. The number of amides is 1. The number of nitrogens with zero attached hydrogens (tertiary/aromatic N) is 3. The van der Waals surface area contributed by atoms with E-state index >= 15 is 0 Å². The maximum absolute atomic E-state index is 12.0. The summed E-state index contributed by atoms with van der Waals surface area (Å²) in [4.78, 5) is 18.2. The number of aryl methyl sites for hydroxylation is 2. The topological polar surface area (TPSA) is 73.9 Å². The monoisotopic (exact) mass is 285 g/mol. The molecular formula is C15H19N5O. The van der Waals surface area contributed by atoms with Gasteiger partial charge in [0, 0.05) is 19.8 Å². The van der Waals surface area contributed by atoms with Crippen LogP contribution in [0.3, 0.4) is 0 Å². The summed E-state index contributed by atoms with van der Waals surface area (Å²) in [6, 6.07) is 4.20. The summed E-state index contributed by atoms with van der Waals surface area (Å²) in [5.41, 5.74) is 4.10. The normalized spacial score (nSPS) is 13.0. The van der Waals surface area contributed by atoms with Gasteiger partial charge in [-0.05, 0) is 30.9 Å². The predicted molar refractivity (Wildman–Crippen MR) is 80.2 cm³/mol. The van der Waals surface area contributed by atoms with E-state index in [0.717, 1.165) is 18.5 Å². The van der Waals surface area contributed by atoms with Crippen molar-refractivity contribution in [2.45, 2.75) is 25.8 Å². The molecule has 2 aromatic heterocycles. The third kappa shape index (κ3) is 2.74. The summed E-state index contributed by atoms with van der Waals surface area (Å²) >= 11 is 0. The lowest BCUT2D eigenvalue weighted by Crippen LogP contribution is -2.22. The number of carbonyl (C=O) groups is 1. The number of rotatable bonds is 4. The Bertz CT molecular complexity index is 662. The number of hydrogen-bond acceptors (Lipinski definition) is 4. The highest BCUT2D eigenvalue weighted by molar-refractivity contribution is 5.98. The zero-order valence-corrected chi connectivity index (χ0v) is 12.3. The average Bonchev–Trinajstić information content (AvgIpc) is 3.12. The van der Waals surface area contributed by atoms with Crippen molar-refractivity contribution in [1.29, 1.82) is 0 Å². The Morgan fingerprint density at radius 1 is 1.38 bits per heavy atom. The van der Waals surface area contributed by atoms with Crippen LogP contribution in [-0.2, 0) is 19.4 Å². The standard InChI is InChI=1S/C15H19N5O/c1-20(2)15(21)12-9-17-19-14(12)16-8-11-7-6-10-4-3-5-13(10)18-11/h6-7,9H,3-5,8H2,1-2H3,(H2,16,17,19). The second-order valence-electron chi connectivity index (χ2n) is 5.47. The first-order chi connectivity index (χ1) is 10.1. The number of anilines is 1. The van der Waals surface area contributed by atoms with E-state index in [9.17, 15) is 4.79 Å². The van der Waals surface area contributed by atoms with Crippen molar-refractivity contribution in [2.24, 2.45) is 0 Å². The number of aromatic nitrogens is 3. The van der Waals surface area contributed by atoms with Crippen molar-refractivity contribution in [2.75, 3.05) is 19.4 Å². The van der Waals surface area contributed by atoms with E-state index in [-0.39, 0.29) is 5.91 Å². The highest BCUT2D eigenvalue weighted by Gasteiger charge is 2.16. The van der Waals surface area contributed by atoms with Crippen LogP contribution in [0.1, 0.15) is 33.7 Å². The van der Waals surface area contributed by atoms with Gasteiger partial charge >= 0.3 is 0 Å². The quantitative estimate of drug-likeness (QED) is 0.895. The van der Waals surface area contributed by atoms with Crippen LogP contribution in [0, 0.1) is 0 Å². The minimum atomic E-state index is -0.0758. The van der Waals surface area contributed by atoms with Gasteiger partial charge in [0.05, 0.1) is 18.4 Å². The van der Waals surface area contributed by atoms with Gasteiger partial charge in [0.2, 0.25) is 0 Å². The molecule has 0 fully saturated rings. The minimum absolute atomic E-state index is 0.0758. The fourth-order valence-electron chi connectivity index (χ4n) is 2.57. The van der Waals surface area contributed by atoms with Gasteiger partial charge < -0.3 is 10.2 Å². The Kier molecular flexibility index (Phi) is 3.60. The first-order valence-corrected chi connectivity index (χ1v) is 7.11. The lowest BCUT2D eigenvalue weighted by atomic mass is 10.2. The number of carbonyl (C=O) groups excluding carboxylic acids is 1. The summed E-state index contributed by atoms with van der Waals surface area (Å²) in [7, 11) is 3.45. The molecule has 0 unspecified atom stereocenters. The number of hydrogen-bond donors (Lipinski definition) is 2. The molecule has 0 radical (unpaired) electrons. The van der Waals surface area contributed by atoms with Gasteiger partial charge in [0.1, 0.15) is 11.4 Å². The SMILES string of the molecule is CN(C)C(=O)c1cn[nH]c1NCc1ccc2c(n1)CCC2. The number of H-pyrrole nitrogens is 1. The molecule has 0 aromatic carbocycles. The second kappa shape index (κ2) is 5.55. The Labute approximate surface area is 123 Å². The fraction of sp³-hybridized carbons (Fsp3) is 0.400. The van der Waals surface area contributed by atoms with Crippen molar-refractivity contribution >= 4 is 11.7 Å². The molecule has 3 rings (SSSR count). The molecule has 0 bridgehead atoms. The lowest BCUT2D eigenvalue weighted by molar-refractivity contribution is 0.0828. The molecule has 1 aliphatic carbocycles. The molecule has 0 spiro atoms. The Morgan fingerprint density at radius 3 is 3.05 bits per heavy atom. The first-order valence-electron chi connectivity index (χ1n) is 7.11. The van der Waals surface area contributed by atoms with Crippen LogP contribution < -0.4 is 5.32 Å². The fourth-order valence-corrected chi connectivity index (χ4v) is 2.57. The van der Waals surface area contributed by atoms with Crippen LogP contribution in [0.5, 0.6) is 0 Å². The van der Waals surface area contributed by atoms with Gasteiger partial charge in [0.25, 0.3) is 5.91 Å². The van der Waals surface area contributed by atoms with E-state index in [4.69, 9.17) is 0 Å². The zero-order chi connectivity index (χ0) is 14.8. The van der Waals surface area contributed by atoms with E-state index in [1.54, 1.807) is 20.3 Å². The molecule has 21 heavy (non-hydrogen) atoms. The van der Waals surface area contributed by atoms with Crippen molar-refractivity contribution in [3.8, 4) is 0 Å². The van der Waals surface area contributed by atoms with Crippen molar-refractivity contribution in [1.82, 2.24) is 20.1 Å². The van der Waals surface area contributed by atoms with Gasteiger partial charge in [-0.25, -0.2) is 0 Å². The van der Waals surface area contributed by atoms with Crippen LogP contribution in [-0.4, -0.2) is 40.1 Å². The number of pyridine rings is 1. The van der Waals surface area contributed by atoms with Gasteiger partial charge in [-0.1, -0.05) is 6.07 Å². The van der Waals surface area contributed by atoms with E-state index in [0.29, 0.717) is 17.9 Å². The number of fused-ring (bicyclic) bond motifs is 1. The Morgan fingerprint density at radius 2 is 2.24 bits per heavy atom. The lowest BCUT2D eigenvalue weighted by Gasteiger charge is -2.11. The van der Waals surface area contributed by atoms with Gasteiger partial charge in [-0.3, -0.25) is 14.9 Å². The highest BCUT2D eigenvalue weighted by atomic mass is 16.2. The second-order valence-corrected chi connectivity index (χ2v) is 5.47. The van der Waals surface area contributed by atoms with Crippen LogP contribution in [0.2, 0.25) is 0 Å². The maximum atomic E-state index is 12.0. The smallest absolute Gasteiger partial charge is 0.258 e. The van der Waals surface area contributed by atoms with Crippen molar-refractivity contribution in [3.63, 3.8) is 0 Å². The molecule has 2 heterocycles. The number of nitrogens with one attached hydrogen (secondary N) is 2. The summed E-state index contributed by atoms with van der Waals surface area (Å²) < 4.78 is 0. The van der Waals surface area contributed by atoms with Gasteiger partial charge in [0.15, 0.2) is 0 Å².